The van der Waals surface area contributed by atoms with Gasteiger partial charge in [0.15, 0.2) is 6.29 Å². The number of carboxylic acid groups (broad SMARTS) is 1. The van der Waals surface area contributed by atoms with E-state index in [9.17, 15) is 4.79 Å². The number of carbonyl (C=O) groups is 1. The average Bonchev–Trinajstić information content (AvgIpc) is 2.14. The molecule has 0 aromatic heterocycles. The van der Waals surface area contributed by atoms with Crippen LogP contribution in [0, 0.1) is 0 Å². The molecule has 1 rings (SSSR count). The maximum absolute atomic E-state index is 10.2. The Morgan fingerprint density at radius 3 is 2.45 bits per heavy atom. The molecule has 0 fully saturated rings. The lowest BCUT2D eigenvalue weighted by atomic mass is 10.4. The number of hydrogen-bond acceptors (Lipinski definition) is 3. The summed E-state index contributed by atoms with van der Waals surface area (Å²) in [4.78, 5) is 10.2. The number of aliphatic carboxylic acids is 1. The minimum atomic E-state index is -0.906. The molecular weight excluding hydrogens is 148 g/mol. The normalized spacial score (nSPS) is 19.6. The molecule has 11 heavy (non-hydrogen) atoms. The van der Waals surface area contributed by atoms with Crippen LogP contribution in [0.4, 0.5) is 0 Å². The van der Waals surface area contributed by atoms with Gasteiger partial charge in [-0.15, -0.1) is 0 Å². The molecule has 0 saturated carbocycles. The van der Waals surface area contributed by atoms with Gasteiger partial charge < -0.3 is 14.6 Å². The van der Waals surface area contributed by atoms with Crippen LogP contribution in [0.25, 0.3) is 0 Å². The van der Waals surface area contributed by atoms with E-state index in [1.165, 1.54) is 0 Å². The summed E-state index contributed by atoms with van der Waals surface area (Å²) in [5.41, 5.74) is 0. The highest BCUT2D eigenvalue weighted by Gasteiger charge is 2.13. The number of hydrogen-bond donors (Lipinski definition) is 1. The lowest BCUT2D eigenvalue weighted by Gasteiger charge is -2.11. The average molecular weight is 158 g/mol. The third-order valence-electron chi connectivity index (χ3n) is 1.26. The highest BCUT2D eigenvalue weighted by Crippen LogP contribution is 2.04. The zero-order chi connectivity index (χ0) is 8.10. The van der Waals surface area contributed by atoms with Crippen LogP contribution in [0.2, 0.25) is 0 Å². The van der Waals surface area contributed by atoms with Gasteiger partial charge in [0.25, 0.3) is 0 Å². The van der Waals surface area contributed by atoms with Crippen molar-refractivity contribution in [2.45, 2.75) is 12.7 Å². The van der Waals surface area contributed by atoms with Crippen LogP contribution in [0.15, 0.2) is 12.2 Å². The third-order valence-corrected chi connectivity index (χ3v) is 1.26. The first-order valence-corrected chi connectivity index (χ1v) is 3.39. The molecule has 4 nitrogen and oxygen atoms in total. The van der Waals surface area contributed by atoms with E-state index in [1.807, 2.05) is 12.2 Å². The van der Waals surface area contributed by atoms with Gasteiger partial charge in [-0.25, -0.2) is 0 Å². The van der Waals surface area contributed by atoms with E-state index >= 15 is 0 Å². The number of rotatable bonds is 2. The first-order chi connectivity index (χ1) is 5.29. The van der Waals surface area contributed by atoms with Crippen LogP contribution >= 0.6 is 0 Å². The van der Waals surface area contributed by atoms with Crippen LogP contribution < -0.4 is 0 Å². The summed E-state index contributed by atoms with van der Waals surface area (Å²) in [5, 5.41) is 8.38. The molecular formula is C7H10O4. The second-order valence-corrected chi connectivity index (χ2v) is 2.17. The summed E-state index contributed by atoms with van der Waals surface area (Å²) in [7, 11) is 0. The van der Waals surface area contributed by atoms with E-state index in [4.69, 9.17) is 14.6 Å². The molecule has 0 atom stereocenters. The summed E-state index contributed by atoms with van der Waals surface area (Å²) in [6.07, 6.45) is 2.92. The van der Waals surface area contributed by atoms with Crippen LogP contribution in [0.1, 0.15) is 6.42 Å². The summed E-state index contributed by atoms with van der Waals surface area (Å²) in [6.45, 7) is 0.857. The van der Waals surface area contributed by atoms with Crippen molar-refractivity contribution in [1.82, 2.24) is 0 Å². The first kappa shape index (κ1) is 8.23. The Balaban J connectivity index is 2.29. The molecule has 0 aliphatic carbocycles. The van der Waals surface area contributed by atoms with E-state index in [2.05, 4.69) is 0 Å². The summed E-state index contributed by atoms with van der Waals surface area (Å²) < 4.78 is 10.0. The third kappa shape index (κ3) is 3.15. The standard InChI is InChI=1S/C7H10O4/c8-6(9)5-7-10-3-1-2-4-11-7/h1-2,7H,3-5H2,(H,8,9). The zero-order valence-corrected chi connectivity index (χ0v) is 6.03. The van der Waals surface area contributed by atoms with Gasteiger partial charge in [0.1, 0.15) is 0 Å². The highest BCUT2D eigenvalue weighted by atomic mass is 16.7. The van der Waals surface area contributed by atoms with E-state index in [0.717, 1.165) is 0 Å². The topological polar surface area (TPSA) is 55.8 Å². The summed E-state index contributed by atoms with van der Waals surface area (Å²) >= 11 is 0. The Labute approximate surface area is 64.4 Å². The van der Waals surface area contributed by atoms with Crippen molar-refractivity contribution in [2.75, 3.05) is 13.2 Å². The summed E-state index contributed by atoms with van der Waals surface area (Å²) in [6, 6.07) is 0. The van der Waals surface area contributed by atoms with Crippen LogP contribution in [-0.4, -0.2) is 30.6 Å². The van der Waals surface area contributed by atoms with Crippen molar-refractivity contribution < 1.29 is 19.4 Å². The summed E-state index contributed by atoms with van der Waals surface area (Å²) in [5.74, 6) is -0.906. The minimum Gasteiger partial charge on any atom is -0.481 e. The lowest BCUT2D eigenvalue weighted by molar-refractivity contribution is -0.158. The van der Waals surface area contributed by atoms with Crippen molar-refractivity contribution in [3.8, 4) is 0 Å². The molecule has 0 saturated heterocycles. The second-order valence-electron chi connectivity index (χ2n) is 2.17. The maximum atomic E-state index is 10.2. The van der Waals surface area contributed by atoms with Gasteiger partial charge in [-0.1, -0.05) is 12.2 Å². The molecule has 62 valence electrons. The fraction of sp³-hybridized carbons (Fsp3) is 0.571. The van der Waals surface area contributed by atoms with Gasteiger partial charge in [-0.2, -0.15) is 0 Å². The van der Waals surface area contributed by atoms with Crippen molar-refractivity contribution in [3.63, 3.8) is 0 Å². The van der Waals surface area contributed by atoms with Gasteiger partial charge in [0, 0.05) is 0 Å². The Hall–Kier alpha value is -0.870. The molecule has 1 aliphatic heterocycles. The second kappa shape index (κ2) is 4.10. The lowest BCUT2D eigenvalue weighted by Crippen LogP contribution is -2.19. The Morgan fingerprint density at radius 1 is 1.45 bits per heavy atom. The Kier molecular flexibility index (Phi) is 3.07. The largest absolute Gasteiger partial charge is 0.481 e. The number of ether oxygens (including phenoxy) is 2. The van der Waals surface area contributed by atoms with E-state index in [-0.39, 0.29) is 6.42 Å². The van der Waals surface area contributed by atoms with Crippen molar-refractivity contribution in [2.24, 2.45) is 0 Å². The molecule has 1 aliphatic rings. The van der Waals surface area contributed by atoms with Crippen molar-refractivity contribution in [1.29, 1.82) is 0 Å². The molecule has 0 aromatic carbocycles. The van der Waals surface area contributed by atoms with E-state index in [0.29, 0.717) is 13.2 Å². The monoisotopic (exact) mass is 158 g/mol. The molecule has 0 bridgehead atoms. The quantitative estimate of drug-likeness (QED) is 0.590. The predicted octanol–water partition coefficient (Wildman–Crippen LogP) is 0.390. The fourth-order valence-electron chi connectivity index (χ4n) is 0.770. The molecule has 4 heteroatoms. The highest BCUT2D eigenvalue weighted by molar-refractivity contribution is 5.67. The van der Waals surface area contributed by atoms with Crippen molar-refractivity contribution >= 4 is 5.97 Å². The van der Waals surface area contributed by atoms with Crippen LogP contribution in [0.3, 0.4) is 0 Å². The van der Waals surface area contributed by atoms with Crippen LogP contribution in [0.5, 0.6) is 0 Å². The van der Waals surface area contributed by atoms with Gasteiger partial charge in [0.2, 0.25) is 0 Å². The fourth-order valence-corrected chi connectivity index (χ4v) is 0.770. The Bertz CT molecular complexity index is 154. The van der Waals surface area contributed by atoms with Crippen LogP contribution in [-0.2, 0) is 14.3 Å². The minimum absolute atomic E-state index is 0.0956. The van der Waals surface area contributed by atoms with Gasteiger partial charge >= 0.3 is 5.97 Å². The van der Waals surface area contributed by atoms with Gasteiger partial charge in [-0.05, 0) is 0 Å². The maximum Gasteiger partial charge on any atom is 0.308 e. The smallest absolute Gasteiger partial charge is 0.308 e. The molecule has 1 N–H and O–H groups in total. The van der Waals surface area contributed by atoms with E-state index < -0.39 is 12.3 Å². The molecule has 0 spiro atoms. The van der Waals surface area contributed by atoms with Gasteiger partial charge in [0.05, 0.1) is 19.6 Å². The first-order valence-electron chi connectivity index (χ1n) is 3.39. The molecule has 0 radical (unpaired) electrons. The molecule has 0 aromatic rings. The predicted molar refractivity (Wildman–Crippen MR) is 37.1 cm³/mol. The molecule has 0 unspecified atom stereocenters. The SMILES string of the molecule is O=C(O)CC1OCC=CCO1. The van der Waals surface area contributed by atoms with Gasteiger partial charge in [-0.3, -0.25) is 4.79 Å². The zero-order valence-electron chi connectivity index (χ0n) is 6.03. The molecule has 0 amide bonds. The Morgan fingerprint density at radius 2 is 2.00 bits per heavy atom. The molecule has 1 heterocycles. The number of carboxylic acids is 1. The van der Waals surface area contributed by atoms with E-state index in [1.54, 1.807) is 0 Å². The van der Waals surface area contributed by atoms with Crippen molar-refractivity contribution in [3.05, 3.63) is 12.2 Å².